The van der Waals surface area contributed by atoms with Crippen molar-refractivity contribution in [3.63, 3.8) is 0 Å². The minimum Gasteiger partial charge on any atom is -0.398 e. The summed E-state index contributed by atoms with van der Waals surface area (Å²) in [5.41, 5.74) is 6.07. The van der Waals surface area contributed by atoms with E-state index >= 15 is 0 Å². The summed E-state index contributed by atoms with van der Waals surface area (Å²) in [6.07, 6.45) is 0. The average Bonchev–Trinajstić information content (AvgIpc) is 2.83. The monoisotopic (exact) mass is 346 g/mol. The number of rotatable bonds is 4. The molecule has 0 radical (unpaired) electrons. The van der Waals surface area contributed by atoms with E-state index < -0.39 is 10.0 Å². The van der Waals surface area contributed by atoms with E-state index in [-0.39, 0.29) is 11.4 Å². The Bertz CT molecular complexity index is 639. The summed E-state index contributed by atoms with van der Waals surface area (Å²) >= 11 is 4.73. The van der Waals surface area contributed by atoms with Gasteiger partial charge >= 0.3 is 0 Å². The van der Waals surface area contributed by atoms with E-state index in [1.54, 1.807) is 6.07 Å². The molecule has 2 rings (SSSR count). The molecule has 0 aliphatic carbocycles. The third-order valence-electron chi connectivity index (χ3n) is 2.29. The molecule has 18 heavy (non-hydrogen) atoms. The maximum Gasteiger partial charge on any atom is 0.240 e. The van der Waals surface area contributed by atoms with Gasteiger partial charge in [-0.05, 0) is 45.6 Å². The third kappa shape index (κ3) is 3.11. The van der Waals surface area contributed by atoms with Crippen molar-refractivity contribution in [1.82, 2.24) is 4.72 Å². The lowest BCUT2D eigenvalue weighted by atomic mass is 10.3. The van der Waals surface area contributed by atoms with Gasteiger partial charge in [-0.25, -0.2) is 13.1 Å². The van der Waals surface area contributed by atoms with Crippen molar-refractivity contribution in [2.75, 3.05) is 5.73 Å². The summed E-state index contributed by atoms with van der Waals surface area (Å²) in [5, 5.41) is 1.90. The molecule has 96 valence electrons. The number of thiophene rings is 1. The molecule has 0 fully saturated rings. The summed E-state index contributed by atoms with van der Waals surface area (Å²) < 4.78 is 27.2. The average molecular weight is 347 g/mol. The zero-order valence-corrected chi connectivity index (χ0v) is 12.5. The van der Waals surface area contributed by atoms with Gasteiger partial charge in [0.15, 0.2) is 0 Å². The van der Waals surface area contributed by atoms with Gasteiger partial charge in [-0.1, -0.05) is 6.07 Å². The minimum absolute atomic E-state index is 0.166. The number of benzene rings is 1. The number of nitrogens with two attached hydrogens (primary N) is 1. The standard InChI is InChI=1S/C11H11BrN2O2S2/c12-10-4-3-9(6-11(10)13)18(15,16)14-7-8-2-1-5-17-8/h1-6,14H,7,13H2. The van der Waals surface area contributed by atoms with Crippen LogP contribution < -0.4 is 10.5 Å². The maximum absolute atomic E-state index is 12.0. The Kier molecular flexibility index (Phi) is 4.06. The SMILES string of the molecule is Nc1cc(S(=O)(=O)NCc2cccs2)ccc1Br. The lowest BCUT2D eigenvalue weighted by Gasteiger charge is -2.07. The quantitative estimate of drug-likeness (QED) is 0.835. The molecule has 1 aromatic heterocycles. The molecule has 1 heterocycles. The first-order valence-corrected chi connectivity index (χ1v) is 8.22. The van der Waals surface area contributed by atoms with Crippen molar-refractivity contribution >= 4 is 43.0 Å². The van der Waals surface area contributed by atoms with Crippen molar-refractivity contribution in [2.45, 2.75) is 11.4 Å². The Morgan fingerprint density at radius 3 is 2.72 bits per heavy atom. The largest absolute Gasteiger partial charge is 0.398 e. The van der Waals surface area contributed by atoms with E-state index in [0.29, 0.717) is 10.2 Å². The fourth-order valence-corrected chi connectivity index (χ4v) is 3.38. The van der Waals surface area contributed by atoms with Crippen LogP contribution in [0.15, 0.2) is 45.1 Å². The van der Waals surface area contributed by atoms with Crippen molar-refractivity contribution in [2.24, 2.45) is 0 Å². The van der Waals surface area contributed by atoms with Gasteiger partial charge in [-0.15, -0.1) is 11.3 Å². The van der Waals surface area contributed by atoms with E-state index in [1.165, 1.54) is 23.5 Å². The normalized spacial score (nSPS) is 11.6. The van der Waals surface area contributed by atoms with E-state index in [1.807, 2.05) is 17.5 Å². The molecule has 1 aromatic carbocycles. The first kappa shape index (κ1) is 13.5. The van der Waals surface area contributed by atoms with Gasteiger partial charge in [0.1, 0.15) is 0 Å². The van der Waals surface area contributed by atoms with E-state index in [4.69, 9.17) is 5.73 Å². The lowest BCUT2D eigenvalue weighted by molar-refractivity contribution is 0.582. The number of halogens is 1. The first-order valence-electron chi connectivity index (χ1n) is 5.06. The Morgan fingerprint density at radius 2 is 2.11 bits per heavy atom. The van der Waals surface area contributed by atoms with Crippen molar-refractivity contribution in [1.29, 1.82) is 0 Å². The van der Waals surface area contributed by atoms with Gasteiger partial charge in [0.2, 0.25) is 10.0 Å². The van der Waals surface area contributed by atoms with Gasteiger partial charge in [-0.2, -0.15) is 0 Å². The molecular formula is C11H11BrN2O2S2. The number of anilines is 1. The van der Waals surface area contributed by atoms with Crippen LogP contribution >= 0.6 is 27.3 Å². The predicted octanol–water partition coefficient (Wildman–Crippen LogP) is 2.57. The summed E-state index contributed by atoms with van der Waals surface area (Å²) in [7, 11) is -3.52. The zero-order valence-electron chi connectivity index (χ0n) is 9.26. The fourth-order valence-electron chi connectivity index (χ4n) is 1.35. The van der Waals surface area contributed by atoms with Gasteiger partial charge in [0.05, 0.1) is 4.90 Å². The van der Waals surface area contributed by atoms with Crippen molar-refractivity contribution in [3.05, 3.63) is 45.1 Å². The molecule has 7 heteroatoms. The molecule has 2 aromatic rings. The highest BCUT2D eigenvalue weighted by molar-refractivity contribution is 9.10. The topological polar surface area (TPSA) is 72.2 Å². The van der Waals surface area contributed by atoms with E-state index in [9.17, 15) is 8.42 Å². The van der Waals surface area contributed by atoms with Gasteiger partial charge < -0.3 is 5.73 Å². The highest BCUT2D eigenvalue weighted by Gasteiger charge is 2.14. The summed E-state index contributed by atoms with van der Waals surface area (Å²) in [6.45, 7) is 0.288. The van der Waals surface area contributed by atoms with Crippen LogP contribution in [0.5, 0.6) is 0 Å². The fraction of sp³-hybridized carbons (Fsp3) is 0.0909. The van der Waals surface area contributed by atoms with Crippen LogP contribution in [-0.2, 0) is 16.6 Å². The highest BCUT2D eigenvalue weighted by Crippen LogP contribution is 2.22. The van der Waals surface area contributed by atoms with Crippen molar-refractivity contribution in [3.8, 4) is 0 Å². The summed E-state index contributed by atoms with van der Waals surface area (Å²) in [4.78, 5) is 1.13. The van der Waals surface area contributed by atoms with Gasteiger partial charge in [0.25, 0.3) is 0 Å². The summed E-state index contributed by atoms with van der Waals surface area (Å²) in [5.74, 6) is 0. The number of nitrogen functional groups attached to an aromatic ring is 1. The highest BCUT2D eigenvalue weighted by atomic mass is 79.9. The molecule has 0 bridgehead atoms. The van der Waals surface area contributed by atoms with Crippen LogP contribution in [0.25, 0.3) is 0 Å². The molecule has 0 aliphatic heterocycles. The van der Waals surface area contributed by atoms with Crippen molar-refractivity contribution < 1.29 is 8.42 Å². The Labute approximate surface area is 118 Å². The molecule has 0 unspecified atom stereocenters. The van der Waals surface area contributed by atoms with Gasteiger partial charge in [0, 0.05) is 21.6 Å². The molecule has 4 nitrogen and oxygen atoms in total. The third-order valence-corrected chi connectivity index (χ3v) is 5.29. The molecule has 0 aliphatic rings. The zero-order chi connectivity index (χ0) is 13.2. The lowest BCUT2D eigenvalue weighted by Crippen LogP contribution is -2.22. The second-order valence-electron chi connectivity index (χ2n) is 3.59. The Balaban J connectivity index is 2.17. The van der Waals surface area contributed by atoms with Gasteiger partial charge in [-0.3, -0.25) is 0 Å². The van der Waals surface area contributed by atoms with E-state index in [2.05, 4.69) is 20.7 Å². The van der Waals surface area contributed by atoms with Crippen LogP contribution in [0.1, 0.15) is 4.88 Å². The molecule has 0 saturated heterocycles. The minimum atomic E-state index is -3.52. The maximum atomic E-state index is 12.0. The molecule has 3 N–H and O–H groups in total. The molecule has 0 saturated carbocycles. The Hall–Kier alpha value is -0.890. The van der Waals surface area contributed by atoms with Crippen LogP contribution in [0.3, 0.4) is 0 Å². The number of hydrogen-bond acceptors (Lipinski definition) is 4. The van der Waals surface area contributed by atoms with Crippen LogP contribution in [0.2, 0.25) is 0 Å². The number of hydrogen-bond donors (Lipinski definition) is 2. The molecule has 0 amide bonds. The van der Waals surface area contributed by atoms with Crippen LogP contribution in [-0.4, -0.2) is 8.42 Å². The van der Waals surface area contributed by atoms with E-state index in [0.717, 1.165) is 4.88 Å². The molecule has 0 spiro atoms. The number of nitrogens with one attached hydrogen (secondary N) is 1. The predicted molar refractivity (Wildman–Crippen MR) is 76.9 cm³/mol. The first-order chi connectivity index (χ1) is 8.49. The summed E-state index contributed by atoms with van der Waals surface area (Å²) in [6, 6.07) is 8.32. The number of sulfonamides is 1. The Morgan fingerprint density at radius 1 is 1.33 bits per heavy atom. The van der Waals surface area contributed by atoms with Crippen LogP contribution in [0.4, 0.5) is 5.69 Å². The second-order valence-corrected chi connectivity index (χ2v) is 7.24. The van der Waals surface area contributed by atoms with Crippen LogP contribution in [0, 0.1) is 0 Å². The smallest absolute Gasteiger partial charge is 0.240 e. The second kappa shape index (κ2) is 5.40. The molecular weight excluding hydrogens is 336 g/mol. The molecule has 0 atom stereocenters.